The first-order chi connectivity index (χ1) is 16.0. The third-order valence-corrected chi connectivity index (χ3v) is 6.03. The maximum absolute atomic E-state index is 13.5. The van der Waals surface area contributed by atoms with Crippen molar-refractivity contribution in [1.29, 1.82) is 0 Å². The van der Waals surface area contributed by atoms with Crippen LogP contribution in [0.3, 0.4) is 0 Å². The van der Waals surface area contributed by atoms with Gasteiger partial charge in [0.1, 0.15) is 6.04 Å². The van der Waals surface area contributed by atoms with Crippen molar-refractivity contribution < 1.29 is 9.59 Å². The lowest BCUT2D eigenvalue weighted by atomic mass is 10.0. The number of hydrogen-bond acceptors (Lipinski definition) is 2. The van der Waals surface area contributed by atoms with Crippen molar-refractivity contribution in [3.63, 3.8) is 0 Å². The van der Waals surface area contributed by atoms with Crippen LogP contribution in [0.25, 0.3) is 0 Å². The molecule has 0 heterocycles. The van der Waals surface area contributed by atoms with Crippen LogP contribution in [0.5, 0.6) is 0 Å². The molecule has 0 bridgehead atoms. The van der Waals surface area contributed by atoms with Crippen molar-refractivity contribution in [1.82, 2.24) is 10.2 Å². The van der Waals surface area contributed by atoms with Gasteiger partial charge >= 0.3 is 0 Å². The van der Waals surface area contributed by atoms with Gasteiger partial charge in [0.2, 0.25) is 11.8 Å². The van der Waals surface area contributed by atoms with Gasteiger partial charge in [0.25, 0.3) is 0 Å². The largest absolute Gasteiger partial charge is 0.355 e. The first-order valence-corrected chi connectivity index (χ1v) is 11.8. The number of halogens is 1. The minimum absolute atomic E-state index is 0.0670. The predicted octanol–water partition coefficient (Wildman–Crippen LogP) is 5.36. The maximum Gasteiger partial charge on any atom is 0.243 e. The highest BCUT2D eigenvalue weighted by atomic mass is 35.5. The van der Waals surface area contributed by atoms with Crippen molar-refractivity contribution in [3.05, 3.63) is 106 Å². The Morgan fingerprint density at radius 1 is 0.909 bits per heavy atom. The Morgan fingerprint density at radius 3 is 2.24 bits per heavy atom. The first kappa shape index (κ1) is 24.5. The topological polar surface area (TPSA) is 49.4 Å². The summed E-state index contributed by atoms with van der Waals surface area (Å²) in [7, 11) is 0. The quantitative estimate of drug-likeness (QED) is 0.441. The Labute approximate surface area is 201 Å². The van der Waals surface area contributed by atoms with Crippen LogP contribution in [0, 0.1) is 6.92 Å². The van der Waals surface area contributed by atoms with Gasteiger partial charge in [0.15, 0.2) is 0 Å². The van der Waals surface area contributed by atoms with E-state index >= 15 is 0 Å². The zero-order valence-corrected chi connectivity index (χ0v) is 20.0. The standard InChI is InChI=1S/C28H31ClN2O2/c1-3-30-28(33)26(19-22-9-5-4-6-10-22)31(20-23-15-13-21(2)14-16-23)27(32)18-17-24-11-7-8-12-25(24)29/h4-16,26H,3,17-20H2,1-2H3,(H,30,33). The normalized spacial score (nSPS) is 11.6. The fourth-order valence-corrected chi connectivity index (χ4v) is 4.05. The van der Waals surface area contributed by atoms with E-state index in [4.69, 9.17) is 11.6 Å². The van der Waals surface area contributed by atoms with E-state index in [9.17, 15) is 9.59 Å². The molecule has 1 N–H and O–H groups in total. The second-order valence-corrected chi connectivity index (χ2v) is 8.61. The maximum atomic E-state index is 13.5. The number of nitrogens with one attached hydrogen (secondary N) is 1. The molecule has 3 rings (SSSR count). The number of nitrogens with zero attached hydrogens (tertiary/aromatic N) is 1. The van der Waals surface area contributed by atoms with Crippen LogP contribution in [-0.4, -0.2) is 29.3 Å². The highest BCUT2D eigenvalue weighted by molar-refractivity contribution is 6.31. The summed E-state index contributed by atoms with van der Waals surface area (Å²) in [6.07, 6.45) is 1.26. The number of benzene rings is 3. The van der Waals surface area contributed by atoms with Crippen LogP contribution in [-0.2, 0) is 29.0 Å². The molecule has 0 saturated heterocycles. The highest BCUT2D eigenvalue weighted by Crippen LogP contribution is 2.20. The van der Waals surface area contributed by atoms with Crippen molar-refractivity contribution in [2.45, 2.75) is 45.7 Å². The minimum Gasteiger partial charge on any atom is -0.355 e. The van der Waals surface area contributed by atoms with Gasteiger partial charge in [-0.05, 0) is 43.0 Å². The third kappa shape index (κ3) is 7.19. The lowest BCUT2D eigenvalue weighted by Gasteiger charge is -2.31. The lowest BCUT2D eigenvalue weighted by Crippen LogP contribution is -2.50. The molecule has 0 saturated carbocycles. The van der Waals surface area contributed by atoms with Crippen LogP contribution in [0.4, 0.5) is 0 Å². The zero-order valence-electron chi connectivity index (χ0n) is 19.3. The number of hydrogen-bond donors (Lipinski definition) is 1. The number of likely N-dealkylation sites (N-methyl/N-ethyl adjacent to an activating group) is 1. The molecule has 0 aliphatic carbocycles. The second kappa shape index (κ2) is 12.2. The summed E-state index contributed by atoms with van der Waals surface area (Å²) >= 11 is 6.30. The van der Waals surface area contributed by atoms with Gasteiger partial charge in [0.05, 0.1) is 0 Å². The summed E-state index contributed by atoms with van der Waals surface area (Å²) in [6, 6.07) is 24.9. The van der Waals surface area contributed by atoms with Crippen molar-refractivity contribution in [2.24, 2.45) is 0 Å². The molecule has 2 amide bonds. The predicted molar refractivity (Wildman–Crippen MR) is 134 cm³/mol. The van der Waals surface area contributed by atoms with Crippen molar-refractivity contribution in [3.8, 4) is 0 Å². The number of rotatable bonds is 10. The third-order valence-electron chi connectivity index (χ3n) is 5.66. The number of carbonyl (C=O) groups is 2. The van der Waals surface area contributed by atoms with E-state index in [0.29, 0.717) is 31.0 Å². The Morgan fingerprint density at radius 2 is 1.58 bits per heavy atom. The summed E-state index contributed by atoms with van der Waals surface area (Å²) in [5, 5.41) is 3.58. The van der Waals surface area contributed by atoms with Gasteiger partial charge in [-0.15, -0.1) is 0 Å². The smallest absolute Gasteiger partial charge is 0.243 e. The van der Waals surface area contributed by atoms with Gasteiger partial charge in [0, 0.05) is 31.0 Å². The van der Waals surface area contributed by atoms with Gasteiger partial charge in [-0.3, -0.25) is 9.59 Å². The van der Waals surface area contributed by atoms with Gasteiger partial charge < -0.3 is 10.2 Å². The van der Waals surface area contributed by atoms with Gasteiger partial charge in [-0.2, -0.15) is 0 Å². The van der Waals surface area contributed by atoms with Crippen LogP contribution in [0.1, 0.15) is 35.6 Å². The molecule has 0 aromatic heterocycles. The molecule has 3 aromatic carbocycles. The Bertz CT molecular complexity index is 1050. The van der Waals surface area contributed by atoms with E-state index in [1.807, 2.05) is 92.7 Å². The van der Waals surface area contributed by atoms with Gasteiger partial charge in [-0.1, -0.05) is 90.0 Å². The van der Waals surface area contributed by atoms with Crippen LogP contribution < -0.4 is 5.32 Å². The number of aryl methyl sites for hydroxylation is 2. The molecular formula is C28H31ClN2O2. The molecule has 33 heavy (non-hydrogen) atoms. The molecule has 0 spiro atoms. The molecule has 4 nitrogen and oxygen atoms in total. The second-order valence-electron chi connectivity index (χ2n) is 8.20. The molecule has 0 aliphatic heterocycles. The summed E-state index contributed by atoms with van der Waals surface area (Å²) in [4.78, 5) is 28.4. The lowest BCUT2D eigenvalue weighted by molar-refractivity contribution is -0.141. The van der Waals surface area contributed by atoms with Gasteiger partial charge in [-0.25, -0.2) is 0 Å². The number of amides is 2. The Kier molecular flexibility index (Phi) is 9.08. The SMILES string of the molecule is CCNC(=O)C(Cc1ccccc1)N(Cc1ccc(C)cc1)C(=O)CCc1ccccc1Cl. The monoisotopic (exact) mass is 462 g/mol. The van der Waals surface area contributed by atoms with Crippen molar-refractivity contribution >= 4 is 23.4 Å². The molecule has 1 atom stereocenters. The molecule has 0 fully saturated rings. The van der Waals surface area contributed by atoms with E-state index < -0.39 is 6.04 Å². The van der Waals surface area contributed by atoms with Crippen LogP contribution in [0.15, 0.2) is 78.9 Å². The van der Waals surface area contributed by atoms with E-state index in [-0.39, 0.29) is 18.2 Å². The molecule has 5 heteroatoms. The molecule has 3 aromatic rings. The number of carbonyl (C=O) groups excluding carboxylic acids is 2. The zero-order chi connectivity index (χ0) is 23.6. The molecule has 0 radical (unpaired) electrons. The van der Waals surface area contributed by atoms with Crippen molar-refractivity contribution in [2.75, 3.05) is 6.54 Å². The minimum atomic E-state index is -0.604. The van der Waals surface area contributed by atoms with E-state index in [0.717, 1.165) is 22.3 Å². The Hall–Kier alpha value is -3.11. The summed E-state index contributed by atoms with van der Waals surface area (Å²) < 4.78 is 0. The van der Waals surface area contributed by atoms with E-state index in [2.05, 4.69) is 5.32 Å². The summed E-state index contributed by atoms with van der Waals surface area (Å²) in [5.41, 5.74) is 4.09. The fourth-order valence-electron chi connectivity index (χ4n) is 3.82. The molecule has 0 aliphatic rings. The Balaban J connectivity index is 1.89. The summed E-state index contributed by atoms with van der Waals surface area (Å²) in [6.45, 7) is 4.80. The first-order valence-electron chi connectivity index (χ1n) is 11.4. The average Bonchev–Trinajstić information content (AvgIpc) is 2.82. The van der Waals surface area contributed by atoms with E-state index in [1.165, 1.54) is 0 Å². The fraction of sp³-hybridized carbons (Fsp3) is 0.286. The molecule has 1 unspecified atom stereocenters. The highest BCUT2D eigenvalue weighted by Gasteiger charge is 2.30. The van der Waals surface area contributed by atoms with Crippen LogP contribution >= 0.6 is 11.6 Å². The van der Waals surface area contributed by atoms with Crippen LogP contribution in [0.2, 0.25) is 5.02 Å². The van der Waals surface area contributed by atoms with E-state index in [1.54, 1.807) is 4.90 Å². The average molecular weight is 463 g/mol. The molecule has 172 valence electrons. The summed E-state index contributed by atoms with van der Waals surface area (Å²) in [5.74, 6) is -0.206. The molecular weight excluding hydrogens is 432 g/mol.